The van der Waals surface area contributed by atoms with Crippen molar-refractivity contribution in [3.63, 3.8) is 0 Å². The molecule has 0 radical (unpaired) electrons. The van der Waals surface area contributed by atoms with E-state index in [1.165, 1.54) is 6.42 Å². The molecule has 0 unspecified atom stereocenters. The van der Waals surface area contributed by atoms with Crippen molar-refractivity contribution in [2.75, 3.05) is 18.0 Å². The molecule has 1 aliphatic rings. The van der Waals surface area contributed by atoms with E-state index in [2.05, 4.69) is 25.9 Å². The smallest absolute Gasteiger partial charge is 0.164 e. The summed E-state index contributed by atoms with van der Waals surface area (Å²) < 4.78 is 2.93. The second-order valence-corrected chi connectivity index (χ2v) is 3.67. The van der Waals surface area contributed by atoms with Crippen molar-refractivity contribution >= 4 is 21.7 Å². The quantitative estimate of drug-likeness (QED) is 0.707. The van der Waals surface area contributed by atoms with Crippen LogP contribution in [-0.2, 0) is 7.05 Å². The maximum absolute atomic E-state index is 4.33. The highest BCUT2D eigenvalue weighted by Gasteiger charge is 2.19. The van der Waals surface area contributed by atoms with E-state index in [0.29, 0.717) is 0 Å². The fourth-order valence-electron chi connectivity index (χ4n) is 1.19. The Bertz CT molecular complexity index is 265. The molecule has 1 aromatic rings. The first-order valence-corrected chi connectivity index (χ1v) is 4.51. The van der Waals surface area contributed by atoms with Crippen LogP contribution in [0.25, 0.3) is 0 Å². The maximum atomic E-state index is 4.33. The Morgan fingerprint density at radius 2 is 2.27 bits per heavy atom. The predicted molar refractivity (Wildman–Crippen MR) is 47.7 cm³/mol. The van der Waals surface area contributed by atoms with Crippen molar-refractivity contribution in [1.82, 2.24) is 9.78 Å². The van der Waals surface area contributed by atoms with Crippen LogP contribution in [0, 0.1) is 0 Å². The molecule has 0 amide bonds. The molecule has 0 aromatic carbocycles. The minimum absolute atomic E-state index is 1.08. The molecule has 0 N–H and O–H groups in total. The van der Waals surface area contributed by atoms with Crippen molar-refractivity contribution in [2.24, 2.45) is 7.05 Å². The van der Waals surface area contributed by atoms with Crippen LogP contribution < -0.4 is 4.90 Å². The summed E-state index contributed by atoms with van der Waals surface area (Å²) in [5.41, 5.74) is 0. The molecule has 0 spiro atoms. The maximum Gasteiger partial charge on any atom is 0.164 e. The number of aryl methyl sites for hydroxylation is 1. The molecule has 3 nitrogen and oxygen atoms in total. The van der Waals surface area contributed by atoms with Crippen LogP contribution >= 0.6 is 15.9 Å². The van der Waals surface area contributed by atoms with Gasteiger partial charge in [-0.25, -0.2) is 0 Å². The van der Waals surface area contributed by atoms with E-state index in [1.54, 1.807) is 0 Å². The van der Waals surface area contributed by atoms with Gasteiger partial charge in [0, 0.05) is 26.3 Å². The van der Waals surface area contributed by atoms with Gasteiger partial charge in [-0.15, -0.1) is 0 Å². The molecule has 2 rings (SSSR count). The largest absolute Gasteiger partial charge is 0.354 e. The van der Waals surface area contributed by atoms with Gasteiger partial charge in [-0.05, 0) is 22.4 Å². The molecular weight excluding hydrogens is 206 g/mol. The summed E-state index contributed by atoms with van der Waals surface area (Å²) in [6, 6.07) is 0. The second kappa shape index (κ2) is 2.52. The number of rotatable bonds is 1. The number of hydrogen-bond donors (Lipinski definition) is 0. The van der Waals surface area contributed by atoms with Crippen LogP contribution in [0.3, 0.4) is 0 Å². The van der Waals surface area contributed by atoms with E-state index in [4.69, 9.17) is 0 Å². The zero-order chi connectivity index (χ0) is 7.84. The number of anilines is 1. The summed E-state index contributed by atoms with van der Waals surface area (Å²) in [7, 11) is 1.94. The summed E-state index contributed by atoms with van der Waals surface area (Å²) in [5.74, 6) is 1.08. The lowest BCUT2D eigenvalue weighted by Gasteiger charge is -2.31. The average Bonchev–Trinajstić information content (AvgIpc) is 2.07. The average molecular weight is 216 g/mol. The van der Waals surface area contributed by atoms with Gasteiger partial charge in [-0.1, -0.05) is 0 Å². The minimum atomic E-state index is 1.08. The number of halogens is 1. The van der Waals surface area contributed by atoms with Crippen molar-refractivity contribution in [3.8, 4) is 0 Å². The molecule has 1 saturated heterocycles. The van der Waals surface area contributed by atoms with Gasteiger partial charge < -0.3 is 4.90 Å². The molecule has 4 heteroatoms. The number of hydrogen-bond acceptors (Lipinski definition) is 2. The van der Waals surface area contributed by atoms with Gasteiger partial charge in [-0.2, -0.15) is 5.10 Å². The molecule has 1 aromatic heterocycles. The van der Waals surface area contributed by atoms with E-state index in [-0.39, 0.29) is 0 Å². The molecule has 2 heterocycles. The summed E-state index contributed by atoms with van der Waals surface area (Å²) in [6.07, 6.45) is 3.27. The summed E-state index contributed by atoms with van der Waals surface area (Å²) in [5, 5.41) is 4.33. The first-order chi connectivity index (χ1) is 5.27. The monoisotopic (exact) mass is 215 g/mol. The van der Waals surface area contributed by atoms with Crippen molar-refractivity contribution in [1.29, 1.82) is 0 Å². The Hall–Kier alpha value is -0.510. The van der Waals surface area contributed by atoms with Crippen molar-refractivity contribution < 1.29 is 0 Å². The van der Waals surface area contributed by atoms with Crippen molar-refractivity contribution in [2.45, 2.75) is 6.42 Å². The lowest BCUT2D eigenvalue weighted by atomic mass is 10.2. The zero-order valence-electron chi connectivity index (χ0n) is 6.42. The Balaban J connectivity index is 2.28. The summed E-state index contributed by atoms with van der Waals surface area (Å²) in [4.78, 5) is 2.27. The second-order valence-electron chi connectivity index (χ2n) is 2.81. The fourth-order valence-corrected chi connectivity index (χ4v) is 1.82. The van der Waals surface area contributed by atoms with Gasteiger partial charge in [0.15, 0.2) is 5.82 Å². The third kappa shape index (κ3) is 1.15. The van der Waals surface area contributed by atoms with Crippen LogP contribution in [0.4, 0.5) is 5.82 Å². The highest BCUT2D eigenvalue weighted by atomic mass is 79.9. The van der Waals surface area contributed by atoms with E-state index in [0.717, 1.165) is 23.4 Å². The highest BCUT2D eigenvalue weighted by molar-refractivity contribution is 9.10. The molecule has 0 saturated carbocycles. The molecule has 0 atom stereocenters. The molecular formula is C7H10BrN3. The standard InChI is InChI=1S/C7H10BrN3/c1-10-5-6(8)7(9-10)11-3-2-4-11/h5H,2-4H2,1H3. The van der Waals surface area contributed by atoms with E-state index in [1.807, 2.05) is 17.9 Å². The van der Waals surface area contributed by atoms with E-state index in [9.17, 15) is 0 Å². The summed E-state index contributed by atoms with van der Waals surface area (Å²) in [6.45, 7) is 2.30. The van der Waals surface area contributed by atoms with Gasteiger partial charge in [0.05, 0.1) is 4.47 Å². The molecule has 0 bridgehead atoms. The van der Waals surface area contributed by atoms with Crippen LogP contribution in [0.2, 0.25) is 0 Å². The number of nitrogens with zero attached hydrogens (tertiary/aromatic N) is 3. The SMILES string of the molecule is Cn1cc(Br)c(N2CCC2)n1. The Kier molecular flexibility index (Phi) is 1.64. The van der Waals surface area contributed by atoms with Crippen molar-refractivity contribution in [3.05, 3.63) is 10.7 Å². The minimum Gasteiger partial charge on any atom is -0.354 e. The number of aromatic nitrogens is 2. The predicted octanol–water partition coefficient (Wildman–Crippen LogP) is 1.39. The molecule has 1 fully saturated rings. The van der Waals surface area contributed by atoms with E-state index < -0.39 is 0 Å². The van der Waals surface area contributed by atoms with Crippen LogP contribution in [0.5, 0.6) is 0 Å². The Morgan fingerprint density at radius 1 is 1.55 bits per heavy atom. The summed E-state index contributed by atoms with van der Waals surface area (Å²) >= 11 is 3.47. The topological polar surface area (TPSA) is 21.1 Å². The van der Waals surface area contributed by atoms with E-state index >= 15 is 0 Å². The molecule has 1 aliphatic heterocycles. The van der Waals surface area contributed by atoms with Gasteiger partial charge in [0.2, 0.25) is 0 Å². The third-order valence-electron chi connectivity index (χ3n) is 1.92. The lowest BCUT2D eigenvalue weighted by Crippen LogP contribution is -2.37. The molecule has 0 aliphatic carbocycles. The molecule has 60 valence electrons. The van der Waals surface area contributed by atoms with Gasteiger partial charge in [0.1, 0.15) is 0 Å². The van der Waals surface area contributed by atoms with Crippen LogP contribution in [-0.4, -0.2) is 22.9 Å². The first kappa shape index (κ1) is 7.16. The highest BCUT2D eigenvalue weighted by Crippen LogP contribution is 2.26. The first-order valence-electron chi connectivity index (χ1n) is 3.71. The Morgan fingerprint density at radius 3 is 2.64 bits per heavy atom. The normalized spacial score (nSPS) is 16.7. The zero-order valence-corrected chi connectivity index (χ0v) is 8.00. The van der Waals surface area contributed by atoms with Gasteiger partial charge in [-0.3, -0.25) is 4.68 Å². The molecule has 11 heavy (non-hydrogen) atoms. The lowest BCUT2D eigenvalue weighted by molar-refractivity contribution is 0.600. The third-order valence-corrected chi connectivity index (χ3v) is 2.48. The van der Waals surface area contributed by atoms with Gasteiger partial charge >= 0.3 is 0 Å². The van der Waals surface area contributed by atoms with Crippen LogP contribution in [0.1, 0.15) is 6.42 Å². The Labute approximate surface area is 74.1 Å². The van der Waals surface area contributed by atoms with Crippen LogP contribution in [0.15, 0.2) is 10.7 Å². The fraction of sp³-hybridized carbons (Fsp3) is 0.571. The van der Waals surface area contributed by atoms with Gasteiger partial charge in [0.25, 0.3) is 0 Å².